The molecule has 3 rings (SSSR count). The number of ether oxygens (including phenoxy) is 1. The first-order chi connectivity index (χ1) is 11.1. The summed E-state index contributed by atoms with van der Waals surface area (Å²) < 4.78 is 6.59. The second-order valence-corrected chi connectivity index (χ2v) is 6.33. The molecule has 2 heterocycles. The van der Waals surface area contributed by atoms with Gasteiger partial charge in [-0.1, -0.05) is 23.7 Å². The fourth-order valence-electron chi connectivity index (χ4n) is 2.95. The maximum absolute atomic E-state index is 11.6. The van der Waals surface area contributed by atoms with Crippen LogP contribution in [0.15, 0.2) is 24.3 Å². The smallest absolute Gasteiger partial charge is 0.327 e. The third-order valence-electron chi connectivity index (χ3n) is 4.20. The fraction of sp³-hybridized carbons (Fsp3) is 0.412. The summed E-state index contributed by atoms with van der Waals surface area (Å²) in [7, 11) is 3.51. The third kappa shape index (κ3) is 3.57. The highest BCUT2D eigenvalue weighted by Crippen LogP contribution is 2.24. The molecule has 23 heavy (non-hydrogen) atoms. The van der Waals surface area contributed by atoms with Gasteiger partial charge in [0.1, 0.15) is 6.54 Å². The lowest BCUT2D eigenvalue weighted by Crippen LogP contribution is -2.28. The van der Waals surface area contributed by atoms with Crippen molar-refractivity contribution in [1.29, 1.82) is 0 Å². The predicted molar refractivity (Wildman–Crippen MR) is 88.5 cm³/mol. The summed E-state index contributed by atoms with van der Waals surface area (Å²) in [5.74, 6) is -0.271. The molecule has 0 saturated carbocycles. The molecule has 1 aromatic heterocycles. The zero-order valence-electron chi connectivity index (χ0n) is 13.4. The number of hydrogen-bond donors (Lipinski definition) is 0. The van der Waals surface area contributed by atoms with Gasteiger partial charge in [-0.05, 0) is 24.7 Å². The van der Waals surface area contributed by atoms with Crippen molar-refractivity contribution in [2.24, 2.45) is 0 Å². The van der Waals surface area contributed by atoms with Gasteiger partial charge in [0.15, 0.2) is 0 Å². The Morgan fingerprint density at radius 2 is 2.09 bits per heavy atom. The number of hydrogen-bond acceptors (Lipinski definition) is 4. The molecular formula is C17H20ClN3O2. The molecule has 1 aliphatic heterocycles. The van der Waals surface area contributed by atoms with E-state index in [0.29, 0.717) is 0 Å². The molecule has 0 bridgehead atoms. The minimum atomic E-state index is -0.271. The molecule has 2 aromatic rings. The molecule has 0 aliphatic carbocycles. The third-order valence-corrected chi connectivity index (χ3v) is 4.45. The van der Waals surface area contributed by atoms with Crippen LogP contribution in [0.1, 0.15) is 22.5 Å². The number of methoxy groups -OCH3 is 1. The van der Waals surface area contributed by atoms with Crippen LogP contribution in [0.3, 0.4) is 0 Å². The summed E-state index contributed by atoms with van der Waals surface area (Å²) in [6.45, 7) is 2.00. The van der Waals surface area contributed by atoms with E-state index in [4.69, 9.17) is 16.3 Å². The molecule has 0 amide bonds. The molecule has 0 N–H and O–H groups in total. The number of benzene rings is 1. The Bertz CT molecular complexity index is 709. The van der Waals surface area contributed by atoms with Crippen molar-refractivity contribution in [3.05, 3.63) is 51.8 Å². The van der Waals surface area contributed by atoms with Gasteiger partial charge in [0.2, 0.25) is 0 Å². The summed E-state index contributed by atoms with van der Waals surface area (Å²) in [5.41, 5.74) is 4.57. The van der Waals surface area contributed by atoms with E-state index >= 15 is 0 Å². The van der Waals surface area contributed by atoms with Crippen molar-refractivity contribution < 1.29 is 9.53 Å². The van der Waals surface area contributed by atoms with Crippen LogP contribution in [-0.2, 0) is 35.5 Å². The number of nitrogens with zero attached hydrogens (tertiary/aromatic N) is 3. The first-order valence-corrected chi connectivity index (χ1v) is 8.02. The van der Waals surface area contributed by atoms with E-state index in [1.165, 1.54) is 12.7 Å². The molecule has 5 nitrogen and oxygen atoms in total. The van der Waals surface area contributed by atoms with E-state index in [1.54, 1.807) is 4.68 Å². The van der Waals surface area contributed by atoms with E-state index in [2.05, 4.69) is 17.0 Å². The van der Waals surface area contributed by atoms with Crippen LogP contribution in [0, 0.1) is 0 Å². The lowest BCUT2D eigenvalue weighted by Gasteiger charge is -2.23. The number of likely N-dealkylation sites (N-methyl/N-ethyl adjacent to an activating group) is 1. The van der Waals surface area contributed by atoms with E-state index in [1.807, 2.05) is 24.3 Å². The number of rotatable bonds is 4. The molecule has 0 atom stereocenters. The average Bonchev–Trinajstić information content (AvgIpc) is 2.86. The van der Waals surface area contributed by atoms with Crippen LogP contribution >= 0.6 is 11.6 Å². The standard InChI is InChI=1S/C17H20ClN3O2/c1-20-8-7-16-14(10-20)15(19-21(16)11-17(22)23-2)9-12-3-5-13(18)6-4-12/h3-6H,7-11H2,1-2H3. The first kappa shape index (κ1) is 16.0. The monoisotopic (exact) mass is 333 g/mol. The maximum atomic E-state index is 11.6. The molecule has 0 fully saturated rings. The van der Waals surface area contributed by atoms with E-state index in [0.717, 1.165) is 47.9 Å². The lowest BCUT2D eigenvalue weighted by atomic mass is 10.0. The van der Waals surface area contributed by atoms with Gasteiger partial charge < -0.3 is 9.64 Å². The van der Waals surface area contributed by atoms with E-state index < -0.39 is 0 Å². The summed E-state index contributed by atoms with van der Waals surface area (Å²) in [4.78, 5) is 13.9. The van der Waals surface area contributed by atoms with Crippen LogP contribution in [0.25, 0.3) is 0 Å². The van der Waals surface area contributed by atoms with Crippen molar-refractivity contribution in [3.63, 3.8) is 0 Å². The first-order valence-electron chi connectivity index (χ1n) is 7.64. The molecule has 122 valence electrons. The van der Waals surface area contributed by atoms with Crippen molar-refractivity contribution >= 4 is 17.6 Å². The molecular weight excluding hydrogens is 314 g/mol. The van der Waals surface area contributed by atoms with Crippen LogP contribution in [0.4, 0.5) is 0 Å². The largest absolute Gasteiger partial charge is 0.468 e. The van der Waals surface area contributed by atoms with Crippen molar-refractivity contribution in [3.8, 4) is 0 Å². The predicted octanol–water partition coefficient (Wildman–Crippen LogP) is 2.29. The fourth-order valence-corrected chi connectivity index (χ4v) is 3.08. The molecule has 1 aromatic carbocycles. The Balaban J connectivity index is 1.92. The number of carbonyl (C=O) groups excluding carboxylic acids is 1. The van der Waals surface area contributed by atoms with Crippen molar-refractivity contribution in [1.82, 2.24) is 14.7 Å². The minimum Gasteiger partial charge on any atom is -0.468 e. The summed E-state index contributed by atoms with van der Waals surface area (Å²) in [6, 6.07) is 7.81. The Morgan fingerprint density at radius 1 is 1.35 bits per heavy atom. The van der Waals surface area contributed by atoms with Gasteiger partial charge >= 0.3 is 5.97 Å². The van der Waals surface area contributed by atoms with Crippen LogP contribution in [0.2, 0.25) is 5.02 Å². The zero-order valence-corrected chi connectivity index (χ0v) is 14.1. The molecule has 0 spiro atoms. The summed E-state index contributed by atoms with van der Waals surface area (Å²) in [5, 5.41) is 5.42. The second kappa shape index (κ2) is 6.72. The van der Waals surface area contributed by atoms with Gasteiger partial charge in [-0.3, -0.25) is 9.48 Å². The molecule has 6 heteroatoms. The molecule has 0 radical (unpaired) electrons. The molecule has 0 unspecified atom stereocenters. The zero-order chi connectivity index (χ0) is 16.4. The number of carbonyl (C=O) groups is 1. The average molecular weight is 334 g/mol. The van der Waals surface area contributed by atoms with E-state index in [9.17, 15) is 4.79 Å². The van der Waals surface area contributed by atoms with Crippen molar-refractivity contribution in [2.45, 2.75) is 25.9 Å². The number of fused-ring (bicyclic) bond motifs is 1. The summed E-state index contributed by atoms with van der Waals surface area (Å²) >= 11 is 5.95. The highest BCUT2D eigenvalue weighted by atomic mass is 35.5. The van der Waals surface area contributed by atoms with Gasteiger partial charge in [-0.15, -0.1) is 0 Å². The van der Waals surface area contributed by atoms with Gasteiger partial charge in [0, 0.05) is 42.2 Å². The van der Waals surface area contributed by atoms with Gasteiger partial charge in [-0.25, -0.2) is 0 Å². The summed E-state index contributed by atoms with van der Waals surface area (Å²) in [6.07, 6.45) is 1.64. The Labute approximate surface area is 140 Å². The SMILES string of the molecule is COC(=O)Cn1nc(Cc2ccc(Cl)cc2)c2c1CCN(C)C2. The number of halogens is 1. The number of aromatic nitrogens is 2. The highest BCUT2D eigenvalue weighted by molar-refractivity contribution is 6.30. The Kier molecular flexibility index (Phi) is 4.68. The van der Waals surface area contributed by atoms with Gasteiger partial charge in [0.25, 0.3) is 0 Å². The second-order valence-electron chi connectivity index (χ2n) is 5.90. The quantitative estimate of drug-likeness (QED) is 0.805. The van der Waals surface area contributed by atoms with Crippen LogP contribution in [-0.4, -0.2) is 41.4 Å². The minimum absolute atomic E-state index is 0.170. The topological polar surface area (TPSA) is 47.4 Å². The lowest BCUT2D eigenvalue weighted by molar-refractivity contribution is -0.141. The Hall–Kier alpha value is -1.85. The van der Waals surface area contributed by atoms with Crippen LogP contribution in [0.5, 0.6) is 0 Å². The molecule has 1 aliphatic rings. The number of esters is 1. The highest BCUT2D eigenvalue weighted by Gasteiger charge is 2.24. The van der Waals surface area contributed by atoms with Crippen LogP contribution < -0.4 is 0 Å². The normalized spacial score (nSPS) is 14.6. The van der Waals surface area contributed by atoms with Crippen molar-refractivity contribution in [2.75, 3.05) is 20.7 Å². The van der Waals surface area contributed by atoms with Gasteiger partial charge in [0.05, 0.1) is 12.8 Å². The van der Waals surface area contributed by atoms with Gasteiger partial charge in [-0.2, -0.15) is 5.10 Å². The Morgan fingerprint density at radius 3 is 2.78 bits per heavy atom. The maximum Gasteiger partial charge on any atom is 0.327 e. The van der Waals surface area contributed by atoms with E-state index in [-0.39, 0.29) is 12.5 Å². The molecule has 0 saturated heterocycles.